The highest BCUT2D eigenvalue weighted by atomic mass is 79.9. The molecule has 4 rings (SSSR count). The summed E-state index contributed by atoms with van der Waals surface area (Å²) < 4.78 is 8.04. The molecule has 6 heteroatoms. The van der Waals surface area contributed by atoms with E-state index in [-0.39, 0.29) is 6.61 Å². The maximum Gasteiger partial charge on any atom is 0.119 e. The van der Waals surface area contributed by atoms with E-state index in [9.17, 15) is 0 Å². The number of halogens is 2. The minimum absolute atomic E-state index is 0.0689. The molecule has 1 aliphatic heterocycles. The number of benzene rings is 3. The van der Waals surface area contributed by atoms with Gasteiger partial charge in [0.25, 0.3) is 0 Å². The van der Waals surface area contributed by atoms with Crippen LogP contribution in [0.4, 0.5) is 11.4 Å². The van der Waals surface area contributed by atoms with Crippen molar-refractivity contribution in [1.82, 2.24) is 0 Å². The van der Waals surface area contributed by atoms with Gasteiger partial charge in [0.1, 0.15) is 5.75 Å². The van der Waals surface area contributed by atoms with Crippen molar-refractivity contribution >= 4 is 55.0 Å². The smallest absolute Gasteiger partial charge is 0.119 e. The molecule has 0 amide bonds. The fourth-order valence-corrected chi connectivity index (χ4v) is 5.88. The summed E-state index contributed by atoms with van der Waals surface area (Å²) in [5.74, 6) is 0.869. The molecular formula is C25H25Br2NO2S. The summed E-state index contributed by atoms with van der Waals surface area (Å²) >= 11 is 9.06. The summed E-state index contributed by atoms with van der Waals surface area (Å²) in [6.07, 6.45) is 4.51. The third-order valence-electron chi connectivity index (χ3n) is 5.30. The Bertz CT molecular complexity index is 975. The molecule has 0 aliphatic carbocycles. The minimum Gasteiger partial charge on any atom is -0.494 e. The Balaban J connectivity index is 1.28. The molecule has 0 bridgehead atoms. The number of aliphatic hydroxyl groups is 1. The van der Waals surface area contributed by atoms with E-state index in [2.05, 4.69) is 73.2 Å². The third-order valence-corrected chi connectivity index (χ3v) is 7.38. The van der Waals surface area contributed by atoms with Gasteiger partial charge in [-0.1, -0.05) is 68.6 Å². The Morgan fingerprint density at radius 2 is 1.39 bits per heavy atom. The van der Waals surface area contributed by atoms with E-state index in [4.69, 9.17) is 9.84 Å². The molecule has 0 fully saturated rings. The zero-order valence-electron chi connectivity index (χ0n) is 17.2. The van der Waals surface area contributed by atoms with Crippen LogP contribution >= 0.6 is 43.6 Å². The van der Waals surface area contributed by atoms with Crippen LogP contribution in [0.2, 0.25) is 0 Å². The van der Waals surface area contributed by atoms with Crippen molar-refractivity contribution in [2.24, 2.45) is 0 Å². The fraction of sp³-hybridized carbons (Fsp3) is 0.280. The van der Waals surface area contributed by atoms with E-state index in [1.54, 1.807) is 0 Å². The number of nitrogens with zero attached hydrogens (tertiary/aromatic N) is 1. The lowest BCUT2D eigenvalue weighted by atomic mass is 10.1. The van der Waals surface area contributed by atoms with Gasteiger partial charge in [-0.05, 0) is 66.9 Å². The lowest BCUT2D eigenvalue weighted by Crippen LogP contribution is -2.22. The summed E-state index contributed by atoms with van der Waals surface area (Å²) in [7, 11) is 0. The largest absolute Gasteiger partial charge is 0.494 e. The second-order valence-corrected chi connectivity index (χ2v) is 10.5. The number of rotatable bonds is 9. The number of fused-ring (bicyclic) bond motifs is 2. The van der Waals surface area contributed by atoms with Crippen LogP contribution in [0, 0.1) is 0 Å². The van der Waals surface area contributed by atoms with Crippen molar-refractivity contribution in [2.45, 2.75) is 42.1 Å². The minimum atomic E-state index is 0.0689. The first kappa shape index (κ1) is 22.7. The zero-order valence-corrected chi connectivity index (χ0v) is 21.2. The first-order valence-corrected chi connectivity index (χ1v) is 12.9. The van der Waals surface area contributed by atoms with Crippen molar-refractivity contribution in [2.75, 3.05) is 18.1 Å². The molecule has 3 aromatic carbocycles. The van der Waals surface area contributed by atoms with Gasteiger partial charge in [0.15, 0.2) is 0 Å². The maximum atomic E-state index is 9.10. The van der Waals surface area contributed by atoms with E-state index in [1.165, 1.54) is 27.6 Å². The maximum absolute atomic E-state index is 9.10. The predicted molar refractivity (Wildman–Crippen MR) is 136 cm³/mol. The molecule has 0 saturated heterocycles. The summed E-state index contributed by atoms with van der Waals surface area (Å²) in [6, 6.07) is 20.7. The zero-order chi connectivity index (χ0) is 21.6. The lowest BCUT2D eigenvalue weighted by Gasteiger charge is -2.33. The first-order valence-electron chi connectivity index (χ1n) is 10.5. The van der Waals surface area contributed by atoms with Crippen LogP contribution < -0.4 is 9.64 Å². The summed E-state index contributed by atoms with van der Waals surface area (Å²) in [5.41, 5.74) is 3.49. The highest BCUT2D eigenvalue weighted by molar-refractivity contribution is 9.10. The number of anilines is 2. The van der Waals surface area contributed by atoms with Crippen molar-refractivity contribution in [3.05, 3.63) is 75.2 Å². The van der Waals surface area contributed by atoms with Crippen molar-refractivity contribution in [3.63, 3.8) is 0 Å². The highest BCUT2D eigenvalue weighted by Crippen LogP contribution is 2.49. The van der Waals surface area contributed by atoms with E-state index in [0.717, 1.165) is 52.7 Å². The fourth-order valence-electron chi connectivity index (χ4n) is 3.68. The van der Waals surface area contributed by atoms with Crippen molar-refractivity contribution in [1.29, 1.82) is 0 Å². The third kappa shape index (κ3) is 5.86. The standard InChI is InChI=1S/C25H25Br2NO2S/c26-19-7-11-22-24(15-19)31-25-16-20(27)8-12-23(25)28(22)13-3-1-2-4-14-30-21-9-5-18(17-29)6-10-21/h5-12,15-16,29H,1-4,13-14,17H2. The van der Waals surface area contributed by atoms with Crippen molar-refractivity contribution < 1.29 is 9.84 Å². The molecule has 0 atom stereocenters. The van der Waals surface area contributed by atoms with Crippen LogP contribution in [0.1, 0.15) is 31.2 Å². The first-order chi connectivity index (χ1) is 15.1. The van der Waals surface area contributed by atoms with Crippen LogP contribution in [0.3, 0.4) is 0 Å². The average Bonchev–Trinajstić information content (AvgIpc) is 2.77. The number of aliphatic hydroxyl groups excluding tert-OH is 1. The van der Waals surface area contributed by atoms with Crippen LogP contribution in [0.15, 0.2) is 79.4 Å². The topological polar surface area (TPSA) is 32.7 Å². The molecule has 3 aromatic rings. The second-order valence-electron chi connectivity index (χ2n) is 7.54. The quantitative estimate of drug-likeness (QED) is 0.268. The van der Waals surface area contributed by atoms with E-state index in [1.807, 2.05) is 36.0 Å². The van der Waals surface area contributed by atoms with Gasteiger partial charge in [-0.15, -0.1) is 0 Å². The molecule has 0 unspecified atom stereocenters. The molecule has 0 aromatic heterocycles. The molecule has 1 N–H and O–H groups in total. The SMILES string of the molecule is OCc1ccc(OCCCCCCN2c3ccc(Br)cc3Sc3cc(Br)ccc32)cc1. The molecule has 3 nitrogen and oxygen atoms in total. The van der Waals surface area contributed by atoms with Crippen LogP contribution in [-0.2, 0) is 6.61 Å². The van der Waals surface area contributed by atoms with Gasteiger partial charge in [0.05, 0.1) is 24.6 Å². The molecule has 1 heterocycles. The second kappa shape index (κ2) is 10.9. The Labute approximate surface area is 205 Å². The molecule has 0 radical (unpaired) electrons. The van der Waals surface area contributed by atoms with Gasteiger partial charge >= 0.3 is 0 Å². The molecular weight excluding hydrogens is 538 g/mol. The van der Waals surface area contributed by atoms with Gasteiger partial charge in [0, 0.05) is 25.3 Å². The normalized spacial score (nSPS) is 12.4. The lowest BCUT2D eigenvalue weighted by molar-refractivity contribution is 0.281. The number of ether oxygens (including phenoxy) is 1. The van der Waals surface area contributed by atoms with E-state index >= 15 is 0 Å². The van der Waals surface area contributed by atoms with Crippen LogP contribution in [0.25, 0.3) is 0 Å². The summed E-state index contributed by atoms with van der Waals surface area (Å²) in [6.45, 7) is 1.80. The number of unbranched alkanes of at least 4 members (excludes halogenated alkanes) is 3. The van der Waals surface area contributed by atoms with Gasteiger partial charge in [-0.3, -0.25) is 0 Å². The average molecular weight is 563 g/mol. The summed E-state index contributed by atoms with van der Waals surface area (Å²) in [4.78, 5) is 5.04. The molecule has 0 spiro atoms. The molecule has 0 saturated carbocycles. The number of hydrogen-bond donors (Lipinski definition) is 1. The van der Waals surface area contributed by atoms with Gasteiger partial charge in [0.2, 0.25) is 0 Å². The highest BCUT2D eigenvalue weighted by Gasteiger charge is 2.23. The Morgan fingerprint density at radius 1 is 0.774 bits per heavy atom. The van der Waals surface area contributed by atoms with Gasteiger partial charge < -0.3 is 14.7 Å². The summed E-state index contributed by atoms with van der Waals surface area (Å²) in [5, 5.41) is 9.10. The van der Waals surface area contributed by atoms with E-state index in [0.29, 0.717) is 0 Å². The molecule has 31 heavy (non-hydrogen) atoms. The predicted octanol–water partition coefficient (Wildman–Crippen LogP) is 7.95. The van der Waals surface area contributed by atoms with E-state index < -0.39 is 0 Å². The van der Waals surface area contributed by atoms with Crippen LogP contribution in [0.5, 0.6) is 5.75 Å². The molecule has 1 aliphatic rings. The Kier molecular flexibility index (Phi) is 7.99. The van der Waals surface area contributed by atoms with Gasteiger partial charge in [-0.2, -0.15) is 0 Å². The number of hydrogen-bond acceptors (Lipinski definition) is 4. The molecule has 162 valence electrons. The monoisotopic (exact) mass is 561 g/mol. The van der Waals surface area contributed by atoms with Crippen molar-refractivity contribution in [3.8, 4) is 5.75 Å². The Morgan fingerprint density at radius 3 is 2.00 bits per heavy atom. The van der Waals surface area contributed by atoms with Gasteiger partial charge in [-0.25, -0.2) is 0 Å². The van der Waals surface area contributed by atoms with Crippen LogP contribution in [-0.4, -0.2) is 18.3 Å². The Hall–Kier alpha value is -1.47.